The monoisotopic (exact) mass is 483 g/mol. The van der Waals surface area contributed by atoms with E-state index < -0.39 is 29.3 Å². The largest absolute Gasteiger partial charge is 0.315 e. The molecule has 184 valence electrons. The van der Waals surface area contributed by atoms with Crippen LogP contribution in [0.3, 0.4) is 0 Å². The maximum atomic E-state index is 13.8. The van der Waals surface area contributed by atoms with Gasteiger partial charge in [0, 0.05) is 36.8 Å². The summed E-state index contributed by atoms with van der Waals surface area (Å²) in [6, 6.07) is 8.51. The van der Waals surface area contributed by atoms with E-state index in [1.807, 2.05) is 6.92 Å². The van der Waals surface area contributed by atoms with Gasteiger partial charge in [0.25, 0.3) is 0 Å². The Morgan fingerprint density at radius 2 is 1.66 bits per heavy atom. The fraction of sp³-hybridized carbons (Fsp3) is 0.370. The lowest BCUT2D eigenvalue weighted by atomic mass is 9.92. The van der Waals surface area contributed by atoms with Crippen molar-refractivity contribution in [3.05, 3.63) is 82.4 Å². The predicted octanol–water partition coefficient (Wildman–Crippen LogP) is 4.97. The molecule has 5 nitrogen and oxygen atoms in total. The Bertz CT molecular complexity index is 1220. The van der Waals surface area contributed by atoms with Crippen molar-refractivity contribution in [3.8, 4) is 0 Å². The average molecular weight is 484 g/mol. The molecule has 0 spiro atoms. The van der Waals surface area contributed by atoms with Gasteiger partial charge in [-0.25, -0.2) is 13.2 Å². The molecule has 2 aromatic carbocycles. The highest BCUT2D eigenvalue weighted by Gasteiger charge is 2.28. The molecule has 0 aliphatic heterocycles. The number of ketones is 1. The maximum Gasteiger partial charge on any atom is 0.230 e. The lowest BCUT2D eigenvalue weighted by Gasteiger charge is -2.24. The van der Waals surface area contributed by atoms with Gasteiger partial charge in [-0.1, -0.05) is 0 Å². The first-order valence-electron chi connectivity index (χ1n) is 11.8. The molecular formula is C27H28F3N3O2. The number of amides is 1. The first-order valence-corrected chi connectivity index (χ1v) is 11.8. The molecule has 1 atom stereocenters. The number of carbonyl (C=O) groups excluding carboxylic acids is 2. The highest BCUT2D eigenvalue weighted by molar-refractivity contribution is 5.97. The third-order valence-electron chi connectivity index (χ3n) is 6.56. The molecule has 1 aliphatic rings. The smallest absolute Gasteiger partial charge is 0.230 e. The summed E-state index contributed by atoms with van der Waals surface area (Å²) in [5.74, 6) is -3.37. The Morgan fingerprint density at radius 3 is 2.34 bits per heavy atom. The van der Waals surface area contributed by atoms with E-state index in [-0.39, 0.29) is 30.7 Å². The van der Waals surface area contributed by atoms with Crippen molar-refractivity contribution < 1.29 is 22.8 Å². The molecule has 0 N–H and O–H groups in total. The van der Waals surface area contributed by atoms with Gasteiger partial charge in [0.15, 0.2) is 5.78 Å². The quantitative estimate of drug-likeness (QED) is 0.455. The Kier molecular flexibility index (Phi) is 7.38. The summed E-state index contributed by atoms with van der Waals surface area (Å²) in [6.07, 6.45) is 3.83. The van der Waals surface area contributed by atoms with E-state index in [0.717, 1.165) is 43.1 Å². The molecule has 3 aromatic rings. The summed E-state index contributed by atoms with van der Waals surface area (Å²) in [4.78, 5) is 27.9. The van der Waals surface area contributed by atoms with Crippen molar-refractivity contribution in [2.75, 3.05) is 11.9 Å². The first-order chi connectivity index (χ1) is 16.7. The number of anilines is 1. The number of hydrogen-bond acceptors (Lipinski definition) is 3. The van der Waals surface area contributed by atoms with Crippen molar-refractivity contribution in [2.45, 2.75) is 52.0 Å². The van der Waals surface area contributed by atoms with E-state index in [1.165, 1.54) is 53.9 Å². The van der Waals surface area contributed by atoms with Gasteiger partial charge in [-0.2, -0.15) is 5.10 Å². The molecule has 1 amide bonds. The second kappa shape index (κ2) is 10.5. The fourth-order valence-corrected chi connectivity index (χ4v) is 4.83. The standard InChI is InChI=1S/C27H28F3N3O2/c1-17-25-5-3-4-6-26(25)33(31-17)16-24(34)14-19(11-18-12-21(29)15-22(30)13-18)27(35)32(2)23-9-7-20(28)8-10-23/h7-10,12-13,15,19H,3-6,11,14,16H2,1-2H3/t19-/m1/s1. The minimum absolute atomic E-state index is 0.0129. The minimum atomic E-state index is -0.855. The molecule has 1 aliphatic carbocycles. The highest BCUT2D eigenvalue weighted by atomic mass is 19.1. The van der Waals surface area contributed by atoms with Crippen LogP contribution in [0.25, 0.3) is 0 Å². The van der Waals surface area contributed by atoms with Gasteiger partial charge in [-0.3, -0.25) is 14.3 Å². The second-order valence-corrected chi connectivity index (χ2v) is 9.17. The normalized spacial score (nSPS) is 13.9. The minimum Gasteiger partial charge on any atom is -0.315 e. The van der Waals surface area contributed by atoms with Crippen molar-refractivity contribution in [1.29, 1.82) is 0 Å². The molecule has 35 heavy (non-hydrogen) atoms. The van der Waals surface area contributed by atoms with Crippen LogP contribution in [-0.4, -0.2) is 28.5 Å². The Morgan fingerprint density at radius 1 is 1.00 bits per heavy atom. The third kappa shape index (κ3) is 5.81. The summed E-state index contributed by atoms with van der Waals surface area (Å²) in [5.41, 5.74) is 3.93. The Hall–Kier alpha value is -3.42. The fourth-order valence-electron chi connectivity index (χ4n) is 4.83. The number of nitrogens with zero attached hydrogens (tertiary/aromatic N) is 3. The van der Waals surface area contributed by atoms with E-state index in [1.54, 1.807) is 4.68 Å². The van der Waals surface area contributed by atoms with E-state index in [2.05, 4.69) is 5.10 Å². The van der Waals surface area contributed by atoms with Crippen molar-refractivity contribution >= 4 is 17.4 Å². The van der Waals surface area contributed by atoms with E-state index in [4.69, 9.17) is 0 Å². The van der Waals surface area contributed by atoms with E-state index in [0.29, 0.717) is 5.69 Å². The molecular weight excluding hydrogens is 455 g/mol. The summed E-state index contributed by atoms with van der Waals surface area (Å²) in [5, 5.41) is 4.55. The summed E-state index contributed by atoms with van der Waals surface area (Å²) >= 11 is 0. The zero-order valence-corrected chi connectivity index (χ0v) is 19.9. The van der Waals surface area contributed by atoms with Gasteiger partial charge in [-0.05, 0) is 86.6 Å². The van der Waals surface area contributed by atoms with Crippen LogP contribution in [0.1, 0.15) is 41.8 Å². The maximum absolute atomic E-state index is 13.8. The van der Waals surface area contributed by atoms with Gasteiger partial charge in [0.1, 0.15) is 17.5 Å². The lowest BCUT2D eigenvalue weighted by Crippen LogP contribution is -2.36. The number of aryl methyl sites for hydroxylation is 1. The van der Waals surface area contributed by atoms with Gasteiger partial charge >= 0.3 is 0 Å². The summed E-state index contributed by atoms with van der Waals surface area (Å²) < 4.78 is 42.7. The molecule has 0 fully saturated rings. The molecule has 8 heteroatoms. The van der Waals surface area contributed by atoms with Crippen molar-refractivity contribution in [2.24, 2.45) is 5.92 Å². The number of aromatic nitrogens is 2. The zero-order chi connectivity index (χ0) is 25.1. The molecule has 0 saturated heterocycles. The highest BCUT2D eigenvalue weighted by Crippen LogP contribution is 2.25. The lowest BCUT2D eigenvalue weighted by molar-refractivity contribution is -0.127. The SMILES string of the molecule is Cc1nn(CC(=O)C[C@@H](Cc2cc(F)cc(F)c2)C(=O)N(C)c2ccc(F)cc2)c2c1CCCC2. The van der Waals surface area contributed by atoms with Crippen LogP contribution in [0, 0.1) is 30.3 Å². The zero-order valence-electron chi connectivity index (χ0n) is 19.9. The molecule has 0 saturated carbocycles. The van der Waals surface area contributed by atoms with E-state index in [9.17, 15) is 22.8 Å². The molecule has 0 bridgehead atoms. The van der Waals surface area contributed by atoms with Crippen LogP contribution in [0.15, 0.2) is 42.5 Å². The number of halogens is 3. The van der Waals surface area contributed by atoms with Crippen LogP contribution in [0.5, 0.6) is 0 Å². The Balaban J connectivity index is 1.56. The first kappa shape index (κ1) is 24.7. The second-order valence-electron chi connectivity index (χ2n) is 9.17. The topological polar surface area (TPSA) is 55.2 Å². The van der Waals surface area contributed by atoms with E-state index >= 15 is 0 Å². The van der Waals surface area contributed by atoms with Crippen LogP contribution < -0.4 is 4.90 Å². The van der Waals surface area contributed by atoms with Gasteiger partial charge < -0.3 is 4.90 Å². The van der Waals surface area contributed by atoms with Crippen LogP contribution in [0.4, 0.5) is 18.9 Å². The Labute approximate surface area is 202 Å². The van der Waals surface area contributed by atoms with Gasteiger partial charge in [0.2, 0.25) is 5.91 Å². The third-order valence-corrected chi connectivity index (χ3v) is 6.56. The van der Waals surface area contributed by atoms with Crippen LogP contribution in [0.2, 0.25) is 0 Å². The summed E-state index contributed by atoms with van der Waals surface area (Å²) in [6.45, 7) is 1.98. The number of benzene rings is 2. The van der Waals surface area contributed by atoms with Crippen LogP contribution >= 0.6 is 0 Å². The molecule has 0 unspecified atom stereocenters. The number of fused-ring (bicyclic) bond motifs is 1. The summed E-state index contributed by atoms with van der Waals surface area (Å²) in [7, 11) is 1.53. The van der Waals surface area contributed by atoms with Crippen molar-refractivity contribution in [1.82, 2.24) is 9.78 Å². The van der Waals surface area contributed by atoms with Gasteiger partial charge in [-0.15, -0.1) is 0 Å². The van der Waals surface area contributed by atoms with Crippen LogP contribution in [-0.2, 0) is 35.4 Å². The molecule has 1 aromatic heterocycles. The van der Waals surface area contributed by atoms with Crippen molar-refractivity contribution in [3.63, 3.8) is 0 Å². The van der Waals surface area contributed by atoms with Gasteiger partial charge in [0.05, 0.1) is 12.2 Å². The number of carbonyl (C=O) groups is 2. The number of Topliss-reactive ketones (excluding diaryl/α,β-unsaturated/α-hetero) is 1. The molecule has 4 rings (SSSR count). The molecule has 0 radical (unpaired) electrons. The number of rotatable bonds is 8. The average Bonchev–Trinajstić information content (AvgIpc) is 3.12. The molecule has 1 heterocycles. The number of hydrogen-bond donors (Lipinski definition) is 0. The predicted molar refractivity (Wildman–Crippen MR) is 127 cm³/mol.